The molecule has 0 radical (unpaired) electrons. The fraction of sp³-hybridized carbons (Fsp3) is 0.429. The minimum atomic E-state index is -0.134. The Labute approximate surface area is 108 Å². The molecule has 0 heterocycles. The zero-order valence-electron chi connectivity index (χ0n) is 10.7. The second-order valence-electron chi connectivity index (χ2n) is 4.71. The summed E-state index contributed by atoms with van der Waals surface area (Å²) in [6.45, 7) is 10.1. The highest BCUT2D eigenvalue weighted by Gasteiger charge is 2.12. The van der Waals surface area contributed by atoms with E-state index in [0.717, 1.165) is 17.7 Å². The summed E-state index contributed by atoms with van der Waals surface area (Å²) in [4.78, 5) is 0. The number of ether oxygens (including phenoxy) is 1. The van der Waals surface area contributed by atoms with E-state index in [2.05, 4.69) is 20.4 Å². The smallest absolute Gasteiger partial charge is 0.129 e. The molecule has 0 amide bonds. The SMILES string of the molecule is C=C(Oc1ccc(Cl)cc1C)[C@@H](N)CC(C)C. The Morgan fingerprint density at radius 2 is 2.12 bits per heavy atom. The van der Waals surface area contributed by atoms with E-state index in [4.69, 9.17) is 22.1 Å². The summed E-state index contributed by atoms with van der Waals surface area (Å²) >= 11 is 5.88. The molecule has 0 unspecified atom stereocenters. The Morgan fingerprint density at radius 3 is 2.65 bits per heavy atom. The van der Waals surface area contributed by atoms with Gasteiger partial charge in [0.25, 0.3) is 0 Å². The highest BCUT2D eigenvalue weighted by molar-refractivity contribution is 6.30. The Kier molecular flexibility index (Phi) is 5.03. The average molecular weight is 254 g/mol. The lowest BCUT2D eigenvalue weighted by Gasteiger charge is -2.18. The van der Waals surface area contributed by atoms with Crippen molar-refractivity contribution in [3.63, 3.8) is 0 Å². The number of hydrogen-bond donors (Lipinski definition) is 1. The first kappa shape index (κ1) is 14.1. The summed E-state index contributed by atoms with van der Waals surface area (Å²) in [5.74, 6) is 1.89. The van der Waals surface area contributed by atoms with Crippen LogP contribution in [0.3, 0.4) is 0 Å². The number of rotatable bonds is 5. The van der Waals surface area contributed by atoms with E-state index < -0.39 is 0 Å². The van der Waals surface area contributed by atoms with E-state index in [1.165, 1.54) is 0 Å². The molecule has 0 aliphatic heterocycles. The molecule has 2 N–H and O–H groups in total. The predicted molar refractivity (Wildman–Crippen MR) is 73.4 cm³/mol. The Bertz CT molecular complexity index is 401. The van der Waals surface area contributed by atoms with Crippen LogP contribution in [-0.2, 0) is 0 Å². The van der Waals surface area contributed by atoms with Gasteiger partial charge in [0.1, 0.15) is 11.5 Å². The topological polar surface area (TPSA) is 35.2 Å². The van der Waals surface area contributed by atoms with Gasteiger partial charge in [-0.1, -0.05) is 32.0 Å². The largest absolute Gasteiger partial charge is 0.460 e. The van der Waals surface area contributed by atoms with Crippen LogP contribution in [0.5, 0.6) is 5.75 Å². The van der Waals surface area contributed by atoms with Crippen molar-refractivity contribution in [2.45, 2.75) is 33.2 Å². The van der Waals surface area contributed by atoms with E-state index in [9.17, 15) is 0 Å². The van der Waals surface area contributed by atoms with Crippen molar-refractivity contribution in [1.29, 1.82) is 0 Å². The summed E-state index contributed by atoms with van der Waals surface area (Å²) < 4.78 is 5.68. The predicted octanol–water partition coefficient (Wildman–Crippen LogP) is 3.91. The molecule has 1 rings (SSSR count). The molecule has 0 fully saturated rings. The molecule has 2 nitrogen and oxygen atoms in total. The molecular formula is C14H20ClNO. The van der Waals surface area contributed by atoms with E-state index in [0.29, 0.717) is 16.7 Å². The molecule has 3 heteroatoms. The highest BCUT2D eigenvalue weighted by Crippen LogP contribution is 2.24. The number of benzene rings is 1. The quantitative estimate of drug-likeness (QED) is 0.808. The van der Waals surface area contributed by atoms with Crippen LogP contribution < -0.4 is 10.5 Å². The molecule has 0 saturated heterocycles. The van der Waals surface area contributed by atoms with Crippen LogP contribution in [0.4, 0.5) is 0 Å². The van der Waals surface area contributed by atoms with Gasteiger partial charge in [0, 0.05) is 5.02 Å². The van der Waals surface area contributed by atoms with Crippen LogP contribution in [0.1, 0.15) is 25.8 Å². The normalized spacial score (nSPS) is 12.6. The standard InChI is InChI=1S/C14H20ClNO/c1-9(2)7-13(16)11(4)17-14-6-5-12(15)8-10(14)3/h5-6,8-9,13H,4,7,16H2,1-3H3/t13-/m0/s1. The lowest BCUT2D eigenvalue weighted by molar-refractivity contribution is 0.359. The van der Waals surface area contributed by atoms with Crippen molar-refractivity contribution < 1.29 is 4.74 Å². The molecule has 0 bridgehead atoms. The molecule has 94 valence electrons. The summed E-state index contributed by atoms with van der Waals surface area (Å²) in [7, 11) is 0. The van der Waals surface area contributed by atoms with Gasteiger partial charge < -0.3 is 10.5 Å². The Hall–Kier alpha value is -0.990. The van der Waals surface area contributed by atoms with Crippen LogP contribution in [0.15, 0.2) is 30.5 Å². The second-order valence-corrected chi connectivity index (χ2v) is 5.15. The molecule has 1 atom stereocenters. The molecule has 17 heavy (non-hydrogen) atoms. The van der Waals surface area contributed by atoms with Gasteiger partial charge in [0.15, 0.2) is 0 Å². The van der Waals surface area contributed by atoms with Crippen molar-refractivity contribution in [1.82, 2.24) is 0 Å². The highest BCUT2D eigenvalue weighted by atomic mass is 35.5. The maximum absolute atomic E-state index is 6.00. The first-order valence-corrected chi connectivity index (χ1v) is 6.16. The summed E-state index contributed by atoms with van der Waals surface area (Å²) in [5.41, 5.74) is 6.98. The van der Waals surface area contributed by atoms with Gasteiger partial charge in [0.05, 0.1) is 6.04 Å². The van der Waals surface area contributed by atoms with Gasteiger partial charge in [-0.05, 0) is 43.0 Å². The Morgan fingerprint density at radius 1 is 1.47 bits per heavy atom. The third kappa shape index (κ3) is 4.41. The van der Waals surface area contributed by atoms with E-state index in [1.807, 2.05) is 19.1 Å². The lowest BCUT2D eigenvalue weighted by Crippen LogP contribution is -2.26. The van der Waals surface area contributed by atoms with Gasteiger partial charge in [0.2, 0.25) is 0 Å². The van der Waals surface area contributed by atoms with Crippen molar-refractivity contribution in [3.8, 4) is 5.75 Å². The lowest BCUT2D eigenvalue weighted by atomic mass is 10.0. The molecule has 0 saturated carbocycles. The summed E-state index contributed by atoms with van der Waals surface area (Å²) in [5, 5.41) is 0.701. The molecule has 0 spiro atoms. The first-order valence-electron chi connectivity index (χ1n) is 5.78. The molecule has 0 aliphatic rings. The van der Waals surface area contributed by atoms with E-state index in [1.54, 1.807) is 6.07 Å². The van der Waals surface area contributed by atoms with Crippen LogP contribution in [0, 0.1) is 12.8 Å². The number of aryl methyl sites for hydroxylation is 1. The van der Waals surface area contributed by atoms with Crippen LogP contribution in [-0.4, -0.2) is 6.04 Å². The first-order chi connectivity index (χ1) is 7.90. The van der Waals surface area contributed by atoms with Crippen molar-refractivity contribution >= 4 is 11.6 Å². The summed E-state index contributed by atoms with van der Waals surface area (Å²) in [6.07, 6.45) is 0.867. The van der Waals surface area contributed by atoms with Gasteiger partial charge >= 0.3 is 0 Å². The van der Waals surface area contributed by atoms with E-state index in [-0.39, 0.29) is 6.04 Å². The van der Waals surface area contributed by atoms with Crippen LogP contribution >= 0.6 is 11.6 Å². The van der Waals surface area contributed by atoms with Crippen molar-refractivity contribution in [2.24, 2.45) is 11.7 Å². The minimum Gasteiger partial charge on any atom is -0.460 e. The molecule has 1 aromatic carbocycles. The maximum Gasteiger partial charge on any atom is 0.129 e. The zero-order chi connectivity index (χ0) is 13.0. The average Bonchev–Trinajstić information content (AvgIpc) is 2.21. The third-order valence-corrected chi connectivity index (χ3v) is 2.75. The zero-order valence-corrected chi connectivity index (χ0v) is 11.4. The van der Waals surface area contributed by atoms with Crippen LogP contribution in [0.2, 0.25) is 5.02 Å². The van der Waals surface area contributed by atoms with Crippen molar-refractivity contribution in [3.05, 3.63) is 41.1 Å². The van der Waals surface area contributed by atoms with E-state index >= 15 is 0 Å². The Balaban J connectivity index is 2.67. The monoisotopic (exact) mass is 253 g/mol. The second kappa shape index (κ2) is 6.08. The van der Waals surface area contributed by atoms with Crippen molar-refractivity contribution in [2.75, 3.05) is 0 Å². The fourth-order valence-corrected chi connectivity index (χ4v) is 1.81. The van der Waals surface area contributed by atoms with Gasteiger partial charge in [-0.15, -0.1) is 0 Å². The minimum absolute atomic E-state index is 0.134. The van der Waals surface area contributed by atoms with Gasteiger partial charge in [-0.25, -0.2) is 0 Å². The molecule has 0 aliphatic carbocycles. The van der Waals surface area contributed by atoms with Gasteiger partial charge in [-0.2, -0.15) is 0 Å². The molecule has 1 aromatic rings. The number of halogens is 1. The van der Waals surface area contributed by atoms with Crippen LogP contribution in [0.25, 0.3) is 0 Å². The number of nitrogens with two attached hydrogens (primary N) is 1. The fourth-order valence-electron chi connectivity index (χ4n) is 1.58. The maximum atomic E-state index is 6.00. The molecule has 0 aromatic heterocycles. The molecular weight excluding hydrogens is 234 g/mol. The third-order valence-electron chi connectivity index (χ3n) is 2.52. The summed E-state index contributed by atoms with van der Waals surface area (Å²) in [6, 6.07) is 5.36. The number of hydrogen-bond acceptors (Lipinski definition) is 2. The van der Waals surface area contributed by atoms with Gasteiger partial charge in [-0.3, -0.25) is 0 Å².